The highest BCUT2D eigenvalue weighted by Crippen LogP contribution is 2.39. The zero-order valence-corrected chi connectivity index (χ0v) is 18.1. The molecule has 0 aliphatic heterocycles. The summed E-state index contributed by atoms with van der Waals surface area (Å²) >= 11 is 24.6. The normalized spacial score (nSPS) is 10.8. The number of hydrogen-bond acceptors (Lipinski definition) is 6. The van der Waals surface area contributed by atoms with Crippen molar-refractivity contribution in [3.8, 4) is 17.4 Å². The minimum Gasteiger partial charge on any atom is -0.434 e. The summed E-state index contributed by atoms with van der Waals surface area (Å²) < 4.78 is 5.76. The van der Waals surface area contributed by atoms with Gasteiger partial charge in [0, 0.05) is 22.5 Å². The zero-order chi connectivity index (χ0) is 21.5. The Hall–Kier alpha value is -2.32. The van der Waals surface area contributed by atoms with Crippen molar-refractivity contribution in [1.29, 1.82) is 0 Å². The Labute approximate surface area is 185 Å². The molecule has 2 aromatic carbocycles. The lowest BCUT2D eigenvalue weighted by molar-refractivity contribution is 0.156. The Morgan fingerprint density at radius 2 is 1.28 bits per heavy atom. The molecular formula is C18H14Cl4N4O3. The van der Waals surface area contributed by atoms with Gasteiger partial charge in [-0.2, -0.15) is 0 Å². The smallest absolute Gasteiger partial charge is 0.307 e. The molecule has 0 spiro atoms. The number of nitrogen functional groups attached to an aromatic ring is 2. The zero-order valence-electron chi connectivity index (χ0n) is 15.1. The molecule has 0 aliphatic carbocycles. The van der Waals surface area contributed by atoms with Gasteiger partial charge in [-0.05, 0) is 43.0 Å². The van der Waals surface area contributed by atoms with Crippen molar-refractivity contribution in [2.75, 3.05) is 11.5 Å². The molecule has 1 aromatic heterocycles. The van der Waals surface area contributed by atoms with Crippen LogP contribution in [0, 0.1) is 13.8 Å². The fraction of sp³-hybridized carbons (Fsp3) is 0.111. The lowest BCUT2D eigenvalue weighted by Gasteiger charge is -2.15. The number of nitrogens with two attached hydrogens (primary N) is 2. The number of anilines is 2. The number of nitrogens with zero attached hydrogens (tertiary/aromatic N) is 2. The van der Waals surface area contributed by atoms with Crippen molar-refractivity contribution in [1.82, 2.24) is 9.94 Å². The van der Waals surface area contributed by atoms with Gasteiger partial charge in [-0.3, -0.25) is 4.79 Å². The fourth-order valence-corrected chi connectivity index (χ4v) is 3.51. The van der Waals surface area contributed by atoms with Gasteiger partial charge in [-0.1, -0.05) is 51.5 Å². The molecule has 7 nitrogen and oxygen atoms in total. The van der Waals surface area contributed by atoms with Crippen LogP contribution in [0.2, 0.25) is 20.1 Å². The van der Waals surface area contributed by atoms with Gasteiger partial charge in [0.2, 0.25) is 5.88 Å². The molecule has 152 valence electrons. The Morgan fingerprint density at radius 3 is 1.76 bits per heavy atom. The number of rotatable bonds is 4. The van der Waals surface area contributed by atoms with Gasteiger partial charge in [0.05, 0.1) is 20.1 Å². The van der Waals surface area contributed by atoms with E-state index >= 15 is 0 Å². The summed E-state index contributed by atoms with van der Waals surface area (Å²) in [4.78, 5) is 18.8. The van der Waals surface area contributed by atoms with Crippen LogP contribution in [0.1, 0.15) is 11.1 Å². The topological polar surface area (TPSA) is 105 Å². The standard InChI is InChI=1S/C18H14Cl4N4O3/c1-7-8(2)18(27)26(29-16-13(21)5-10(24)6-14(16)22)25-17(7)28-15-11(19)3-9(23)4-12(15)20/h3-6H,23-24H2,1-2H3. The summed E-state index contributed by atoms with van der Waals surface area (Å²) in [5, 5.41) is 4.66. The number of hydrogen-bond donors (Lipinski definition) is 2. The first-order chi connectivity index (χ1) is 13.6. The van der Waals surface area contributed by atoms with Crippen LogP contribution >= 0.6 is 46.4 Å². The predicted octanol–water partition coefficient (Wildman–Crippen LogP) is 5.27. The average molecular weight is 476 g/mol. The Morgan fingerprint density at radius 1 is 0.828 bits per heavy atom. The fourth-order valence-electron chi connectivity index (χ4n) is 2.35. The van der Waals surface area contributed by atoms with E-state index in [1.807, 2.05) is 0 Å². The SMILES string of the molecule is Cc1c(Oc2c(Cl)cc(N)cc2Cl)nn(Oc2c(Cl)cc(N)cc2Cl)c(=O)c1C. The summed E-state index contributed by atoms with van der Waals surface area (Å²) in [6.45, 7) is 3.25. The molecule has 0 radical (unpaired) electrons. The van der Waals surface area contributed by atoms with E-state index < -0.39 is 5.56 Å². The van der Waals surface area contributed by atoms with Gasteiger partial charge in [-0.25, -0.2) is 0 Å². The van der Waals surface area contributed by atoms with E-state index in [-0.39, 0.29) is 37.5 Å². The van der Waals surface area contributed by atoms with Crippen LogP contribution in [0.25, 0.3) is 0 Å². The van der Waals surface area contributed by atoms with Crippen LogP contribution in [-0.2, 0) is 0 Å². The van der Waals surface area contributed by atoms with Crippen LogP contribution in [0.3, 0.4) is 0 Å². The Bertz CT molecular complexity index is 1130. The van der Waals surface area contributed by atoms with Gasteiger partial charge in [0.25, 0.3) is 0 Å². The highest BCUT2D eigenvalue weighted by molar-refractivity contribution is 6.38. The number of ether oxygens (including phenoxy) is 1. The maximum absolute atomic E-state index is 12.6. The first-order valence-corrected chi connectivity index (χ1v) is 9.55. The summed E-state index contributed by atoms with van der Waals surface area (Å²) in [6.07, 6.45) is 0. The maximum atomic E-state index is 12.6. The van der Waals surface area contributed by atoms with Crippen molar-refractivity contribution < 1.29 is 9.57 Å². The molecule has 0 unspecified atom stereocenters. The molecule has 11 heteroatoms. The van der Waals surface area contributed by atoms with Crippen molar-refractivity contribution in [2.24, 2.45) is 0 Å². The van der Waals surface area contributed by atoms with Crippen LogP contribution < -0.4 is 26.6 Å². The van der Waals surface area contributed by atoms with Crippen LogP contribution in [0.4, 0.5) is 11.4 Å². The second-order valence-electron chi connectivity index (χ2n) is 6.05. The summed E-state index contributed by atoms with van der Waals surface area (Å²) in [5.74, 6) is 0.180. The second kappa shape index (κ2) is 8.20. The molecule has 0 atom stereocenters. The third-order valence-electron chi connectivity index (χ3n) is 3.98. The van der Waals surface area contributed by atoms with Crippen molar-refractivity contribution in [3.63, 3.8) is 0 Å². The van der Waals surface area contributed by atoms with E-state index in [0.29, 0.717) is 27.3 Å². The lowest BCUT2D eigenvalue weighted by atomic mass is 10.2. The van der Waals surface area contributed by atoms with E-state index in [9.17, 15) is 4.79 Å². The molecule has 3 aromatic rings. The van der Waals surface area contributed by atoms with Crippen molar-refractivity contribution in [3.05, 3.63) is 65.8 Å². The highest BCUT2D eigenvalue weighted by Gasteiger charge is 2.19. The molecule has 1 heterocycles. The Balaban J connectivity index is 2.08. The van der Waals surface area contributed by atoms with Gasteiger partial charge in [-0.15, -0.1) is 0 Å². The molecule has 0 saturated carbocycles. The lowest BCUT2D eigenvalue weighted by Crippen LogP contribution is -2.30. The van der Waals surface area contributed by atoms with Crippen molar-refractivity contribution in [2.45, 2.75) is 13.8 Å². The number of aromatic nitrogens is 2. The maximum Gasteiger partial charge on any atom is 0.307 e. The van der Waals surface area contributed by atoms with Gasteiger partial charge in [0.15, 0.2) is 11.5 Å². The average Bonchev–Trinajstić information content (AvgIpc) is 2.62. The molecule has 0 aliphatic rings. The highest BCUT2D eigenvalue weighted by atomic mass is 35.5. The second-order valence-corrected chi connectivity index (χ2v) is 7.68. The van der Waals surface area contributed by atoms with Gasteiger partial charge < -0.3 is 21.0 Å². The van der Waals surface area contributed by atoms with Gasteiger partial charge in [0.1, 0.15) is 0 Å². The summed E-state index contributed by atoms with van der Waals surface area (Å²) in [6, 6.07) is 5.82. The first-order valence-electron chi connectivity index (χ1n) is 8.04. The van der Waals surface area contributed by atoms with E-state index in [2.05, 4.69) is 5.10 Å². The molecule has 4 N–H and O–H groups in total. The Kier molecular flexibility index (Phi) is 6.05. The molecule has 29 heavy (non-hydrogen) atoms. The third-order valence-corrected chi connectivity index (χ3v) is 5.10. The minimum atomic E-state index is -0.534. The summed E-state index contributed by atoms with van der Waals surface area (Å²) in [5.41, 5.74) is 12.3. The van der Waals surface area contributed by atoms with E-state index in [1.165, 1.54) is 24.3 Å². The monoisotopic (exact) mass is 474 g/mol. The van der Waals surface area contributed by atoms with Crippen LogP contribution in [0.5, 0.6) is 17.4 Å². The van der Waals surface area contributed by atoms with E-state index in [1.54, 1.807) is 13.8 Å². The number of benzene rings is 2. The van der Waals surface area contributed by atoms with Crippen LogP contribution in [0.15, 0.2) is 29.1 Å². The third kappa shape index (κ3) is 4.33. The van der Waals surface area contributed by atoms with E-state index in [4.69, 9.17) is 67.4 Å². The summed E-state index contributed by atoms with van der Waals surface area (Å²) in [7, 11) is 0. The molecule has 0 amide bonds. The minimum absolute atomic E-state index is 0.00915. The first kappa shape index (κ1) is 21.4. The predicted molar refractivity (Wildman–Crippen MR) is 116 cm³/mol. The largest absolute Gasteiger partial charge is 0.434 e. The van der Waals surface area contributed by atoms with E-state index in [0.717, 1.165) is 0 Å². The molecule has 0 saturated heterocycles. The molecule has 0 fully saturated rings. The quantitative estimate of drug-likeness (QED) is 0.497. The molecule has 0 bridgehead atoms. The van der Waals surface area contributed by atoms with Gasteiger partial charge >= 0.3 is 5.56 Å². The molecule has 3 rings (SSSR count). The van der Waals surface area contributed by atoms with Crippen LogP contribution in [-0.4, -0.2) is 9.94 Å². The molecular weight excluding hydrogens is 462 g/mol. The number of halogens is 4. The van der Waals surface area contributed by atoms with Crippen molar-refractivity contribution >= 4 is 57.8 Å².